The van der Waals surface area contributed by atoms with Crippen LogP contribution in [0.4, 0.5) is 0 Å². The molecule has 43 heavy (non-hydrogen) atoms. The van der Waals surface area contributed by atoms with Gasteiger partial charge in [0.25, 0.3) is 5.91 Å². The van der Waals surface area contributed by atoms with Crippen LogP contribution in [-0.4, -0.2) is 42.0 Å². The maximum atomic E-state index is 13.5. The van der Waals surface area contributed by atoms with Crippen LogP contribution in [0.3, 0.4) is 0 Å². The van der Waals surface area contributed by atoms with E-state index in [2.05, 4.69) is 35.0 Å². The van der Waals surface area contributed by atoms with Crippen LogP contribution in [0.25, 0.3) is 0 Å². The standard InChI is InChI=1S/C35H38BrN3O4/c1-4-10-23-16-29-33(30(40)17-23)32(27(20-37)22(3)38-29)26-18-28(36)34(31(19-26)42-5-2)43-21-24-11-9-12-25(15-24)35(41)39-13-7-6-8-14-39/h6-7,9,11-12,15,18-19,23,27,32H,4-5,8,10,13-14,16-17,21H2,1-3H3. The number of allylic oxidation sites excluding steroid dienone is 2. The van der Waals surface area contributed by atoms with Crippen LogP contribution >= 0.6 is 15.9 Å². The van der Waals surface area contributed by atoms with E-state index in [0.717, 1.165) is 54.8 Å². The number of ketones is 1. The Kier molecular flexibility index (Phi) is 9.82. The molecule has 3 atom stereocenters. The summed E-state index contributed by atoms with van der Waals surface area (Å²) in [4.78, 5) is 33.2. The van der Waals surface area contributed by atoms with E-state index < -0.39 is 11.8 Å². The van der Waals surface area contributed by atoms with E-state index in [1.54, 1.807) is 0 Å². The second-order valence-electron chi connectivity index (χ2n) is 11.4. The van der Waals surface area contributed by atoms with Gasteiger partial charge in [0.05, 0.1) is 23.1 Å². The lowest BCUT2D eigenvalue weighted by Crippen LogP contribution is -2.33. The summed E-state index contributed by atoms with van der Waals surface area (Å²) >= 11 is 3.70. The first-order chi connectivity index (χ1) is 20.8. The molecule has 2 aliphatic heterocycles. The number of benzene rings is 2. The average Bonchev–Trinajstić information content (AvgIpc) is 3.00. The molecule has 0 radical (unpaired) electrons. The largest absolute Gasteiger partial charge is 0.490 e. The number of nitrogens with zero attached hydrogens (tertiary/aromatic N) is 3. The molecule has 5 rings (SSSR count). The number of hydrogen-bond donors (Lipinski definition) is 0. The summed E-state index contributed by atoms with van der Waals surface area (Å²) in [5, 5.41) is 10.2. The van der Waals surface area contributed by atoms with E-state index >= 15 is 0 Å². The molecule has 0 N–H and O–H groups in total. The lowest BCUT2D eigenvalue weighted by molar-refractivity contribution is -0.117. The molecule has 0 bridgehead atoms. The van der Waals surface area contributed by atoms with Crippen molar-refractivity contribution in [3.05, 3.63) is 81.0 Å². The SMILES string of the molecule is CCCC1CC(=O)C2=C(C1)N=C(C)C(C#N)C2c1cc(Br)c(OCc2cccc(C(=O)N3CC=CCC3)c2)c(OCC)c1. The summed E-state index contributed by atoms with van der Waals surface area (Å²) in [7, 11) is 0. The minimum Gasteiger partial charge on any atom is -0.490 e. The number of amides is 1. The molecule has 3 unspecified atom stereocenters. The predicted molar refractivity (Wildman–Crippen MR) is 170 cm³/mol. The first kappa shape index (κ1) is 30.7. The summed E-state index contributed by atoms with van der Waals surface area (Å²) in [5.41, 5.74) is 4.55. The van der Waals surface area contributed by atoms with Crippen molar-refractivity contribution in [2.45, 2.75) is 65.4 Å². The Morgan fingerprint density at radius 2 is 2.00 bits per heavy atom. The predicted octanol–water partition coefficient (Wildman–Crippen LogP) is 7.56. The summed E-state index contributed by atoms with van der Waals surface area (Å²) in [5.74, 6) is 0.483. The fourth-order valence-corrected chi connectivity index (χ4v) is 6.98. The molecule has 2 aromatic carbocycles. The number of carbonyl (C=O) groups excluding carboxylic acids is 2. The second-order valence-corrected chi connectivity index (χ2v) is 12.3. The third kappa shape index (κ3) is 6.62. The van der Waals surface area contributed by atoms with Gasteiger partial charge in [0.1, 0.15) is 6.61 Å². The highest BCUT2D eigenvalue weighted by Crippen LogP contribution is 2.48. The van der Waals surface area contributed by atoms with E-state index in [1.807, 2.05) is 61.2 Å². The number of halogens is 1. The van der Waals surface area contributed by atoms with Crippen molar-refractivity contribution in [1.82, 2.24) is 4.90 Å². The van der Waals surface area contributed by atoms with Crippen molar-refractivity contribution < 1.29 is 19.1 Å². The van der Waals surface area contributed by atoms with Crippen molar-refractivity contribution in [1.29, 1.82) is 5.26 Å². The molecule has 2 heterocycles. The third-order valence-electron chi connectivity index (χ3n) is 8.40. The van der Waals surface area contributed by atoms with Crippen LogP contribution in [0.1, 0.15) is 80.3 Å². The molecule has 0 aromatic heterocycles. The van der Waals surface area contributed by atoms with Gasteiger partial charge in [-0.1, -0.05) is 37.6 Å². The Morgan fingerprint density at radius 1 is 1.16 bits per heavy atom. The van der Waals surface area contributed by atoms with Crippen LogP contribution in [0.5, 0.6) is 11.5 Å². The van der Waals surface area contributed by atoms with Gasteiger partial charge in [-0.25, -0.2) is 0 Å². The molecule has 0 saturated heterocycles. The maximum absolute atomic E-state index is 13.5. The normalized spacial score (nSPS) is 21.7. The molecule has 2 aromatic rings. The van der Waals surface area contributed by atoms with Gasteiger partial charge < -0.3 is 14.4 Å². The van der Waals surface area contributed by atoms with Crippen LogP contribution in [0.15, 0.2) is 69.3 Å². The lowest BCUT2D eigenvalue weighted by Gasteiger charge is -2.35. The third-order valence-corrected chi connectivity index (χ3v) is 8.99. The Labute approximate surface area is 262 Å². The summed E-state index contributed by atoms with van der Waals surface area (Å²) in [6.45, 7) is 7.92. The zero-order valence-corrected chi connectivity index (χ0v) is 26.7. The summed E-state index contributed by atoms with van der Waals surface area (Å²) in [6, 6.07) is 13.8. The first-order valence-electron chi connectivity index (χ1n) is 15.2. The van der Waals surface area contributed by atoms with Gasteiger partial charge >= 0.3 is 0 Å². The van der Waals surface area contributed by atoms with E-state index in [0.29, 0.717) is 52.6 Å². The van der Waals surface area contributed by atoms with Gasteiger partial charge in [-0.15, -0.1) is 0 Å². The first-order valence-corrected chi connectivity index (χ1v) is 16.0. The van der Waals surface area contributed by atoms with Crippen LogP contribution in [0, 0.1) is 23.2 Å². The lowest BCUT2D eigenvalue weighted by atomic mass is 9.70. The number of nitriles is 1. The van der Waals surface area contributed by atoms with Gasteiger partial charge in [0.15, 0.2) is 17.3 Å². The van der Waals surface area contributed by atoms with Gasteiger partial charge in [0, 0.05) is 48.0 Å². The van der Waals surface area contributed by atoms with Gasteiger partial charge in [-0.3, -0.25) is 14.6 Å². The van der Waals surface area contributed by atoms with Gasteiger partial charge in [0.2, 0.25) is 0 Å². The van der Waals surface area contributed by atoms with Crippen LogP contribution in [0.2, 0.25) is 0 Å². The molecular weight excluding hydrogens is 606 g/mol. The molecule has 0 saturated carbocycles. The van der Waals surface area contributed by atoms with E-state index in [1.165, 1.54) is 0 Å². The number of Topliss-reactive ketones (excluding diaryl/α,β-unsaturated/α-hetero) is 1. The van der Waals surface area contributed by atoms with Gasteiger partial charge in [-0.05, 0) is 90.4 Å². The molecule has 7 nitrogen and oxygen atoms in total. The van der Waals surface area contributed by atoms with Crippen molar-refractivity contribution in [2.24, 2.45) is 16.8 Å². The van der Waals surface area contributed by atoms with E-state index in [4.69, 9.17) is 14.5 Å². The van der Waals surface area contributed by atoms with E-state index in [9.17, 15) is 14.9 Å². The minimum absolute atomic E-state index is 0.0112. The van der Waals surface area contributed by atoms with Crippen molar-refractivity contribution in [3.63, 3.8) is 0 Å². The molecule has 1 aliphatic carbocycles. The minimum atomic E-state index is -0.547. The van der Waals surface area contributed by atoms with Gasteiger partial charge in [-0.2, -0.15) is 5.26 Å². The molecule has 3 aliphatic rings. The molecule has 8 heteroatoms. The fraction of sp³-hybridized carbons (Fsp3) is 0.429. The molecule has 0 fully saturated rings. The monoisotopic (exact) mass is 643 g/mol. The second kappa shape index (κ2) is 13.7. The van der Waals surface area contributed by atoms with Crippen LogP contribution < -0.4 is 9.47 Å². The number of rotatable bonds is 9. The molecule has 224 valence electrons. The Bertz CT molecular complexity index is 1540. The van der Waals surface area contributed by atoms with Crippen molar-refractivity contribution in [2.75, 3.05) is 19.7 Å². The Hall–Kier alpha value is -3.70. The van der Waals surface area contributed by atoms with Crippen molar-refractivity contribution >= 4 is 33.3 Å². The van der Waals surface area contributed by atoms with Crippen LogP contribution in [-0.2, 0) is 11.4 Å². The number of aliphatic imine (C=N–C) groups is 1. The smallest absolute Gasteiger partial charge is 0.254 e. The van der Waals surface area contributed by atoms with Crippen molar-refractivity contribution in [3.8, 4) is 17.6 Å². The zero-order valence-electron chi connectivity index (χ0n) is 25.1. The topological polar surface area (TPSA) is 92.0 Å². The summed E-state index contributed by atoms with van der Waals surface area (Å²) < 4.78 is 13.0. The molecule has 1 amide bonds. The number of hydrogen-bond acceptors (Lipinski definition) is 6. The fourth-order valence-electron chi connectivity index (χ4n) is 6.41. The highest BCUT2D eigenvalue weighted by atomic mass is 79.9. The molecule has 0 spiro atoms. The van der Waals surface area contributed by atoms with E-state index in [-0.39, 0.29) is 18.3 Å². The quantitative estimate of drug-likeness (QED) is 0.263. The number of ether oxygens (including phenoxy) is 2. The Balaban J connectivity index is 1.43. The number of carbonyl (C=O) groups is 2. The average molecular weight is 645 g/mol. The highest BCUT2D eigenvalue weighted by Gasteiger charge is 2.41. The maximum Gasteiger partial charge on any atom is 0.254 e. The Morgan fingerprint density at radius 3 is 2.72 bits per heavy atom. The zero-order chi connectivity index (χ0) is 30.5. The summed E-state index contributed by atoms with van der Waals surface area (Å²) in [6.07, 6.45) is 8.26. The molecular formula is C35H38BrN3O4. The highest BCUT2D eigenvalue weighted by molar-refractivity contribution is 9.10.